The van der Waals surface area contributed by atoms with Crippen LogP contribution in [0.3, 0.4) is 0 Å². The molecule has 4 atom stereocenters. The molecule has 1 aliphatic carbocycles. The molecule has 1 aliphatic heterocycles. The van der Waals surface area contributed by atoms with Crippen molar-refractivity contribution in [2.45, 2.75) is 69.1 Å². The Labute approximate surface area is 169 Å². The lowest BCUT2D eigenvalue weighted by Crippen LogP contribution is -2.61. The van der Waals surface area contributed by atoms with Crippen LogP contribution in [-0.4, -0.2) is 59.9 Å². The standard InChI is InChI=1S/C21H29F3N2O3/c1-2-3-10-29-20(28)25-19-13-26(9-8-21(19,23)24)17-11-15(12-18(17)27)14-4-6-16(22)7-5-14/h4-7,15,17-19,27H,2-3,8-13H2,1H3,(H,25,28). The van der Waals surface area contributed by atoms with Crippen LogP contribution in [0.15, 0.2) is 24.3 Å². The van der Waals surface area contributed by atoms with Crippen LogP contribution >= 0.6 is 0 Å². The van der Waals surface area contributed by atoms with Crippen molar-refractivity contribution in [2.24, 2.45) is 0 Å². The van der Waals surface area contributed by atoms with Gasteiger partial charge in [-0.1, -0.05) is 25.5 Å². The zero-order chi connectivity index (χ0) is 21.0. The molecule has 0 aromatic heterocycles. The monoisotopic (exact) mass is 414 g/mol. The van der Waals surface area contributed by atoms with Crippen molar-refractivity contribution >= 4 is 6.09 Å². The summed E-state index contributed by atoms with van der Waals surface area (Å²) in [6.07, 6.45) is 0.744. The number of aliphatic hydroxyl groups excluding tert-OH is 1. The van der Waals surface area contributed by atoms with E-state index < -0.39 is 30.6 Å². The van der Waals surface area contributed by atoms with Crippen molar-refractivity contribution < 1.29 is 27.8 Å². The minimum Gasteiger partial charge on any atom is -0.450 e. The molecule has 2 aliphatic rings. The summed E-state index contributed by atoms with van der Waals surface area (Å²) in [5, 5.41) is 12.9. The van der Waals surface area contributed by atoms with Crippen LogP contribution in [0.2, 0.25) is 0 Å². The number of unbranched alkanes of at least 4 members (excludes halogenated alkanes) is 1. The van der Waals surface area contributed by atoms with E-state index in [0.29, 0.717) is 19.3 Å². The number of amides is 1. The second kappa shape index (κ2) is 9.34. The normalized spacial score (nSPS) is 29.6. The fourth-order valence-corrected chi connectivity index (χ4v) is 4.26. The van der Waals surface area contributed by atoms with E-state index in [-0.39, 0.29) is 37.5 Å². The van der Waals surface area contributed by atoms with Gasteiger partial charge in [-0.3, -0.25) is 4.90 Å². The number of hydrogen-bond acceptors (Lipinski definition) is 4. The number of benzene rings is 1. The second-order valence-corrected chi connectivity index (χ2v) is 8.05. The average Bonchev–Trinajstić information content (AvgIpc) is 3.06. The molecule has 1 heterocycles. The van der Waals surface area contributed by atoms with Gasteiger partial charge in [0.2, 0.25) is 0 Å². The number of likely N-dealkylation sites (tertiary alicyclic amines) is 1. The van der Waals surface area contributed by atoms with E-state index >= 15 is 0 Å². The topological polar surface area (TPSA) is 61.8 Å². The van der Waals surface area contributed by atoms with Gasteiger partial charge in [0.1, 0.15) is 11.9 Å². The van der Waals surface area contributed by atoms with Crippen LogP contribution in [0.25, 0.3) is 0 Å². The molecule has 1 aromatic carbocycles. The highest BCUT2D eigenvalue weighted by Crippen LogP contribution is 2.39. The molecule has 162 valence electrons. The van der Waals surface area contributed by atoms with Gasteiger partial charge in [-0.05, 0) is 42.9 Å². The highest BCUT2D eigenvalue weighted by molar-refractivity contribution is 5.67. The van der Waals surface area contributed by atoms with Gasteiger partial charge in [-0.25, -0.2) is 18.0 Å². The molecule has 5 nitrogen and oxygen atoms in total. The predicted molar refractivity (Wildman–Crippen MR) is 102 cm³/mol. The first-order valence-electron chi connectivity index (χ1n) is 10.3. The lowest BCUT2D eigenvalue weighted by Gasteiger charge is -2.42. The first-order valence-corrected chi connectivity index (χ1v) is 10.3. The maximum absolute atomic E-state index is 14.4. The minimum atomic E-state index is -3.03. The number of carbonyl (C=O) groups excluding carboxylic acids is 1. The lowest BCUT2D eigenvalue weighted by atomic mass is 9.96. The van der Waals surface area contributed by atoms with Gasteiger partial charge in [0, 0.05) is 25.6 Å². The van der Waals surface area contributed by atoms with Crippen LogP contribution in [0.1, 0.15) is 50.5 Å². The lowest BCUT2D eigenvalue weighted by molar-refractivity contribution is -0.0961. The Morgan fingerprint density at radius 3 is 2.72 bits per heavy atom. The zero-order valence-corrected chi connectivity index (χ0v) is 16.6. The third kappa shape index (κ3) is 5.42. The van der Waals surface area contributed by atoms with Crippen molar-refractivity contribution in [3.8, 4) is 0 Å². The Morgan fingerprint density at radius 2 is 2.03 bits per heavy atom. The van der Waals surface area contributed by atoms with Crippen molar-refractivity contribution in [3.05, 3.63) is 35.6 Å². The summed E-state index contributed by atoms with van der Waals surface area (Å²) in [6, 6.07) is 4.55. The quantitative estimate of drug-likeness (QED) is 0.698. The van der Waals surface area contributed by atoms with Crippen LogP contribution in [-0.2, 0) is 4.74 Å². The van der Waals surface area contributed by atoms with Gasteiger partial charge >= 0.3 is 6.09 Å². The predicted octanol–water partition coefficient (Wildman–Crippen LogP) is 3.67. The van der Waals surface area contributed by atoms with E-state index in [1.54, 1.807) is 12.1 Å². The Morgan fingerprint density at radius 1 is 1.31 bits per heavy atom. The molecule has 29 heavy (non-hydrogen) atoms. The number of piperidine rings is 1. The van der Waals surface area contributed by atoms with Gasteiger partial charge in [-0.2, -0.15) is 0 Å². The van der Waals surface area contributed by atoms with Crippen LogP contribution in [0.4, 0.5) is 18.0 Å². The van der Waals surface area contributed by atoms with Crippen molar-refractivity contribution in [2.75, 3.05) is 19.7 Å². The molecule has 0 bridgehead atoms. The van der Waals surface area contributed by atoms with E-state index in [1.807, 2.05) is 11.8 Å². The summed E-state index contributed by atoms with van der Waals surface area (Å²) in [6.45, 7) is 2.24. The Balaban J connectivity index is 1.61. The average molecular weight is 414 g/mol. The molecular formula is C21H29F3N2O3. The second-order valence-electron chi connectivity index (χ2n) is 8.05. The van der Waals surface area contributed by atoms with Crippen LogP contribution in [0, 0.1) is 5.82 Å². The van der Waals surface area contributed by atoms with Gasteiger partial charge in [0.25, 0.3) is 5.92 Å². The van der Waals surface area contributed by atoms with E-state index in [9.17, 15) is 23.1 Å². The number of carbonyl (C=O) groups is 1. The summed E-state index contributed by atoms with van der Waals surface area (Å²) in [4.78, 5) is 13.7. The number of rotatable bonds is 6. The van der Waals surface area contributed by atoms with E-state index in [0.717, 1.165) is 12.0 Å². The summed E-state index contributed by atoms with van der Waals surface area (Å²) in [5.74, 6) is -3.30. The highest BCUT2D eigenvalue weighted by atomic mass is 19.3. The minimum absolute atomic E-state index is 0.0449. The zero-order valence-electron chi connectivity index (χ0n) is 16.6. The maximum atomic E-state index is 14.4. The fourth-order valence-electron chi connectivity index (χ4n) is 4.26. The SMILES string of the molecule is CCCCOC(=O)NC1CN(C2CC(c3ccc(F)cc3)CC2O)CCC1(F)F. The fraction of sp³-hybridized carbons (Fsp3) is 0.667. The van der Waals surface area contributed by atoms with Gasteiger partial charge in [0.15, 0.2) is 0 Å². The molecule has 2 fully saturated rings. The first kappa shape index (κ1) is 21.9. The number of hydrogen-bond donors (Lipinski definition) is 2. The summed E-state index contributed by atoms with van der Waals surface area (Å²) in [5.41, 5.74) is 0.935. The van der Waals surface area contributed by atoms with Gasteiger partial charge < -0.3 is 15.2 Å². The number of ether oxygens (including phenoxy) is 1. The molecule has 1 amide bonds. The third-order valence-corrected chi connectivity index (χ3v) is 5.99. The number of alkyl halides is 2. The highest BCUT2D eigenvalue weighted by Gasteiger charge is 2.48. The smallest absolute Gasteiger partial charge is 0.407 e. The van der Waals surface area contributed by atoms with E-state index in [1.165, 1.54) is 12.1 Å². The summed E-state index contributed by atoms with van der Waals surface area (Å²) < 4.78 is 46.8. The Bertz CT molecular complexity index is 686. The summed E-state index contributed by atoms with van der Waals surface area (Å²) >= 11 is 0. The van der Waals surface area contributed by atoms with Gasteiger partial charge in [-0.15, -0.1) is 0 Å². The molecule has 0 radical (unpaired) electrons. The van der Waals surface area contributed by atoms with Crippen molar-refractivity contribution in [1.82, 2.24) is 10.2 Å². The number of nitrogens with one attached hydrogen (secondary N) is 1. The van der Waals surface area contributed by atoms with Crippen molar-refractivity contribution in [1.29, 1.82) is 0 Å². The summed E-state index contributed by atoms with van der Waals surface area (Å²) in [7, 11) is 0. The van der Waals surface area contributed by atoms with E-state index in [4.69, 9.17) is 4.74 Å². The molecule has 1 aromatic rings. The van der Waals surface area contributed by atoms with E-state index in [2.05, 4.69) is 5.32 Å². The first-order chi connectivity index (χ1) is 13.8. The molecule has 1 saturated heterocycles. The molecule has 4 unspecified atom stereocenters. The Kier molecular flexibility index (Phi) is 7.05. The molecule has 2 N–H and O–H groups in total. The molecule has 8 heteroatoms. The number of halogens is 3. The van der Waals surface area contributed by atoms with Gasteiger partial charge in [0.05, 0.1) is 12.7 Å². The molecule has 0 spiro atoms. The Hall–Kier alpha value is -1.80. The molecule has 1 saturated carbocycles. The number of nitrogens with zero attached hydrogens (tertiary/aromatic N) is 1. The van der Waals surface area contributed by atoms with Crippen LogP contribution in [0.5, 0.6) is 0 Å². The molecular weight excluding hydrogens is 385 g/mol. The number of aliphatic hydroxyl groups is 1. The third-order valence-electron chi connectivity index (χ3n) is 5.99. The number of alkyl carbamates (subject to hydrolysis) is 1. The maximum Gasteiger partial charge on any atom is 0.407 e. The molecule has 3 rings (SSSR count). The van der Waals surface area contributed by atoms with Crippen LogP contribution < -0.4 is 5.32 Å². The van der Waals surface area contributed by atoms with Crippen molar-refractivity contribution in [3.63, 3.8) is 0 Å². The largest absolute Gasteiger partial charge is 0.450 e.